The van der Waals surface area contributed by atoms with Crippen molar-refractivity contribution in [2.45, 2.75) is 50.9 Å². The van der Waals surface area contributed by atoms with Crippen molar-refractivity contribution in [3.05, 3.63) is 34.9 Å². The normalized spacial score (nSPS) is 26.0. The van der Waals surface area contributed by atoms with Crippen LogP contribution in [0.25, 0.3) is 0 Å². The van der Waals surface area contributed by atoms with Crippen LogP contribution in [0.2, 0.25) is 0 Å². The molecule has 0 aliphatic carbocycles. The first kappa shape index (κ1) is 20.6. The number of hydrogen-bond acceptors (Lipinski definition) is 7. The molecule has 9 nitrogen and oxygen atoms in total. The van der Waals surface area contributed by atoms with Crippen molar-refractivity contribution in [1.29, 1.82) is 0 Å². The summed E-state index contributed by atoms with van der Waals surface area (Å²) in [7, 11) is 0. The highest BCUT2D eigenvalue weighted by Gasteiger charge is 2.44. The van der Waals surface area contributed by atoms with Crippen LogP contribution in [0.15, 0.2) is 18.2 Å². The summed E-state index contributed by atoms with van der Waals surface area (Å²) in [4.78, 5) is 50.1. The second-order valence-corrected chi connectivity index (χ2v) is 8.61. The third-order valence-corrected chi connectivity index (χ3v) is 5.72. The van der Waals surface area contributed by atoms with Crippen molar-refractivity contribution >= 4 is 23.6 Å². The molecule has 30 heavy (non-hydrogen) atoms. The highest BCUT2D eigenvalue weighted by Crippen LogP contribution is 2.28. The molecule has 2 unspecified atom stereocenters. The Hall–Kier alpha value is -2.62. The molecule has 2 saturated heterocycles. The van der Waals surface area contributed by atoms with E-state index < -0.39 is 23.8 Å². The van der Waals surface area contributed by atoms with Gasteiger partial charge in [0.2, 0.25) is 11.8 Å². The zero-order chi connectivity index (χ0) is 21.5. The maximum Gasteiger partial charge on any atom is 0.262 e. The van der Waals surface area contributed by atoms with Crippen LogP contribution in [0.1, 0.15) is 53.0 Å². The molecule has 1 aromatic rings. The summed E-state index contributed by atoms with van der Waals surface area (Å²) in [5.41, 5.74) is 1.30. The third kappa shape index (κ3) is 4.00. The van der Waals surface area contributed by atoms with Gasteiger partial charge in [0, 0.05) is 32.1 Å². The number of morpholine rings is 1. The Balaban J connectivity index is 1.38. The molecule has 2 fully saturated rings. The van der Waals surface area contributed by atoms with Crippen molar-refractivity contribution < 1.29 is 23.9 Å². The molecule has 0 spiro atoms. The van der Waals surface area contributed by atoms with E-state index in [9.17, 15) is 19.2 Å². The van der Waals surface area contributed by atoms with Crippen LogP contribution in [0.3, 0.4) is 0 Å². The van der Waals surface area contributed by atoms with E-state index in [-0.39, 0.29) is 36.0 Å². The van der Waals surface area contributed by atoms with Crippen molar-refractivity contribution in [3.8, 4) is 0 Å². The molecular formula is C21H26N4O5. The van der Waals surface area contributed by atoms with E-state index in [0.29, 0.717) is 25.3 Å². The van der Waals surface area contributed by atoms with E-state index >= 15 is 0 Å². The number of benzene rings is 1. The second-order valence-electron chi connectivity index (χ2n) is 8.61. The summed E-state index contributed by atoms with van der Waals surface area (Å²) in [6.07, 6.45) is 0.257. The lowest BCUT2D eigenvalue weighted by Crippen LogP contribution is -2.54. The predicted octanol–water partition coefficient (Wildman–Crippen LogP) is -0.0556. The Morgan fingerprint density at radius 2 is 1.93 bits per heavy atom. The van der Waals surface area contributed by atoms with Crippen molar-refractivity contribution in [2.24, 2.45) is 0 Å². The molecule has 160 valence electrons. The first-order chi connectivity index (χ1) is 14.2. The van der Waals surface area contributed by atoms with Crippen molar-refractivity contribution in [3.63, 3.8) is 0 Å². The maximum absolute atomic E-state index is 12.9. The number of nitrogens with zero attached hydrogens (tertiary/aromatic N) is 1. The Kier molecular flexibility index (Phi) is 5.44. The van der Waals surface area contributed by atoms with E-state index in [4.69, 9.17) is 4.74 Å². The number of amides is 4. The Morgan fingerprint density at radius 3 is 2.63 bits per heavy atom. The van der Waals surface area contributed by atoms with E-state index in [1.165, 1.54) is 0 Å². The predicted molar refractivity (Wildman–Crippen MR) is 107 cm³/mol. The first-order valence-electron chi connectivity index (χ1n) is 10.2. The number of fused-ring (bicyclic) bond motifs is 1. The highest BCUT2D eigenvalue weighted by atomic mass is 16.5. The lowest BCUT2D eigenvalue weighted by Gasteiger charge is -2.35. The first-order valence-corrected chi connectivity index (χ1v) is 10.2. The van der Waals surface area contributed by atoms with Gasteiger partial charge >= 0.3 is 0 Å². The van der Waals surface area contributed by atoms with Crippen LogP contribution in [0.4, 0.5) is 0 Å². The Morgan fingerprint density at radius 1 is 1.17 bits per heavy atom. The van der Waals surface area contributed by atoms with Crippen LogP contribution in [0.5, 0.6) is 0 Å². The molecular weight excluding hydrogens is 388 g/mol. The molecule has 9 heteroatoms. The van der Waals surface area contributed by atoms with Gasteiger partial charge in [0.1, 0.15) is 6.04 Å². The molecule has 0 bridgehead atoms. The average molecular weight is 414 g/mol. The molecule has 0 aromatic heterocycles. The molecule has 3 heterocycles. The van der Waals surface area contributed by atoms with Gasteiger partial charge in [-0.25, -0.2) is 0 Å². The average Bonchev–Trinajstić information content (AvgIpc) is 2.94. The number of imide groups is 2. The van der Waals surface area contributed by atoms with Crippen LogP contribution >= 0.6 is 0 Å². The fourth-order valence-corrected chi connectivity index (χ4v) is 3.98. The molecule has 4 rings (SSSR count). The van der Waals surface area contributed by atoms with E-state index in [1.54, 1.807) is 18.2 Å². The van der Waals surface area contributed by atoms with Gasteiger partial charge in [0.25, 0.3) is 11.8 Å². The quantitative estimate of drug-likeness (QED) is 0.578. The van der Waals surface area contributed by atoms with Gasteiger partial charge in [-0.15, -0.1) is 0 Å². The lowest BCUT2D eigenvalue weighted by molar-refractivity contribution is -0.136. The summed E-state index contributed by atoms with van der Waals surface area (Å²) < 4.78 is 5.81. The smallest absolute Gasteiger partial charge is 0.262 e. The fourth-order valence-electron chi connectivity index (χ4n) is 3.98. The number of carbonyl (C=O) groups is 4. The van der Waals surface area contributed by atoms with Gasteiger partial charge in [0.15, 0.2) is 0 Å². The molecule has 3 aliphatic heterocycles. The fraction of sp³-hybridized carbons (Fsp3) is 0.524. The maximum atomic E-state index is 12.9. The molecule has 4 amide bonds. The second kappa shape index (κ2) is 7.90. The zero-order valence-electron chi connectivity index (χ0n) is 17.1. The van der Waals surface area contributed by atoms with E-state index in [0.717, 1.165) is 17.0 Å². The minimum absolute atomic E-state index is 0.106. The number of piperidine rings is 1. The summed E-state index contributed by atoms with van der Waals surface area (Å²) >= 11 is 0. The third-order valence-electron chi connectivity index (χ3n) is 5.72. The molecule has 0 saturated carbocycles. The van der Waals surface area contributed by atoms with Gasteiger partial charge in [-0.3, -0.25) is 29.4 Å². The molecule has 3 N–H and O–H groups in total. The van der Waals surface area contributed by atoms with Crippen molar-refractivity contribution in [1.82, 2.24) is 20.9 Å². The highest BCUT2D eigenvalue weighted by molar-refractivity contribution is 6.23. The summed E-state index contributed by atoms with van der Waals surface area (Å²) in [5.74, 6) is -1.97. The number of ether oxygens (including phenoxy) is 1. The van der Waals surface area contributed by atoms with Crippen LogP contribution < -0.4 is 16.0 Å². The Labute approximate surface area is 174 Å². The summed E-state index contributed by atoms with van der Waals surface area (Å²) in [5, 5.41) is 8.99. The zero-order valence-corrected chi connectivity index (χ0v) is 17.1. The van der Waals surface area contributed by atoms with E-state index in [2.05, 4.69) is 16.0 Å². The van der Waals surface area contributed by atoms with Gasteiger partial charge < -0.3 is 15.4 Å². The van der Waals surface area contributed by atoms with Gasteiger partial charge in [-0.05, 0) is 38.0 Å². The van der Waals surface area contributed by atoms with Crippen molar-refractivity contribution in [2.75, 3.05) is 19.7 Å². The topological polar surface area (TPSA) is 117 Å². The van der Waals surface area contributed by atoms with E-state index in [1.807, 2.05) is 13.8 Å². The van der Waals surface area contributed by atoms with Gasteiger partial charge in [-0.2, -0.15) is 0 Å². The molecule has 0 radical (unpaired) electrons. The number of carbonyl (C=O) groups excluding carboxylic acids is 4. The van der Waals surface area contributed by atoms with Crippen LogP contribution in [-0.2, 0) is 20.9 Å². The number of hydrogen-bond donors (Lipinski definition) is 3. The van der Waals surface area contributed by atoms with Gasteiger partial charge in [-0.1, -0.05) is 6.07 Å². The number of rotatable bonds is 5. The monoisotopic (exact) mass is 414 g/mol. The SMILES string of the molecule is CC1(C)CNC(CNCc2ccc3c(c2)C(=O)N(C2CCC(=O)NC2=O)C3=O)CO1. The Bertz CT molecular complexity index is 903. The number of nitrogens with one attached hydrogen (secondary N) is 3. The standard InChI is InChI=1S/C21H26N4O5/c1-21(2)11-23-13(10-30-21)9-22-8-12-3-4-14-15(7-12)20(29)25(19(14)28)16-5-6-17(26)24-18(16)27/h3-4,7,13,16,22-23H,5-6,8-11H2,1-2H3,(H,24,26,27). The van der Waals surface area contributed by atoms with Crippen LogP contribution in [0, 0.1) is 0 Å². The molecule has 3 aliphatic rings. The largest absolute Gasteiger partial charge is 0.373 e. The minimum Gasteiger partial charge on any atom is -0.373 e. The molecule has 1 aromatic carbocycles. The molecule has 2 atom stereocenters. The summed E-state index contributed by atoms with van der Waals surface area (Å²) in [6, 6.07) is 4.39. The lowest BCUT2D eigenvalue weighted by atomic mass is 10.0. The summed E-state index contributed by atoms with van der Waals surface area (Å²) in [6.45, 7) is 6.75. The van der Waals surface area contributed by atoms with Crippen LogP contribution in [-0.4, -0.2) is 65.9 Å². The minimum atomic E-state index is -0.946. The van der Waals surface area contributed by atoms with Gasteiger partial charge in [0.05, 0.1) is 23.3 Å².